The number of ether oxygens (including phenoxy) is 1. The molecule has 0 aliphatic carbocycles. The van der Waals surface area contributed by atoms with Gasteiger partial charge < -0.3 is 20.3 Å². The lowest BCUT2D eigenvalue weighted by atomic mass is 10.1. The molecule has 0 aliphatic heterocycles. The maximum absolute atomic E-state index is 9.79. The summed E-state index contributed by atoms with van der Waals surface area (Å²) in [5, 5.41) is 21.9. The van der Waals surface area contributed by atoms with E-state index in [-0.39, 0.29) is 12.6 Å². The van der Waals surface area contributed by atoms with Gasteiger partial charge in [0.2, 0.25) is 0 Å². The van der Waals surface area contributed by atoms with Crippen molar-refractivity contribution in [1.29, 1.82) is 0 Å². The average Bonchev–Trinajstić information content (AvgIpc) is 2.44. The van der Waals surface area contributed by atoms with E-state index in [1.54, 1.807) is 0 Å². The molecule has 0 aliphatic rings. The summed E-state index contributed by atoms with van der Waals surface area (Å²) in [6, 6.07) is 10.2. The summed E-state index contributed by atoms with van der Waals surface area (Å²) in [4.78, 5) is 0. The molecule has 0 amide bonds. The molecule has 0 radical (unpaired) electrons. The summed E-state index contributed by atoms with van der Waals surface area (Å²) in [5.74, 6) is 0. The van der Waals surface area contributed by atoms with Gasteiger partial charge in [-0.05, 0) is 18.4 Å². The molecule has 2 unspecified atom stereocenters. The Hall–Kier alpha value is -0.940. The third kappa shape index (κ3) is 7.28. The Morgan fingerprint density at radius 3 is 2.63 bits per heavy atom. The minimum atomic E-state index is -0.517. The van der Waals surface area contributed by atoms with E-state index in [1.807, 2.05) is 30.3 Å². The highest BCUT2D eigenvalue weighted by molar-refractivity contribution is 5.13. The molecule has 4 nitrogen and oxygen atoms in total. The summed E-state index contributed by atoms with van der Waals surface area (Å²) in [6.07, 6.45) is 1.14. The fraction of sp³-hybridized carbons (Fsp3) is 0.600. The first-order valence-corrected chi connectivity index (χ1v) is 6.90. The van der Waals surface area contributed by atoms with Gasteiger partial charge in [-0.1, -0.05) is 37.3 Å². The van der Waals surface area contributed by atoms with Crippen LogP contribution in [-0.4, -0.2) is 42.1 Å². The summed E-state index contributed by atoms with van der Waals surface area (Å²) in [5.41, 5.74) is 1.11. The van der Waals surface area contributed by atoms with E-state index >= 15 is 0 Å². The molecule has 19 heavy (non-hydrogen) atoms. The molecule has 0 aromatic heterocycles. The summed E-state index contributed by atoms with van der Waals surface area (Å²) >= 11 is 0. The predicted molar refractivity (Wildman–Crippen MR) is 75.9 cm³/mol. The van der Waals surface area contributed by atoms with E-state index in [0.717, 1.165) is 12.0 Å². The molecule has 108 valence electrons. The van der Waals surface area contributed by atoms with Crippen LogP contribution in [0.25, 0.3) is 0 Å². The third-order valence-electron chi connectivity index (χ3n) is 3.03. The van der Waals surface area contributed by atoms with Crippen LogP contribution in [0.4, 0.5) is 0 Å². The van der Waals surface area contributed by atoms with Crippen molar-refractivity contribution in [3.05, 3.63) is 35.9 Å². The normalized spacial score (nSPS) is 14.3. The van der Waals surface area contributed by atoms with Crippen molar-refractivity contribution in [2.45, 2.75) is 38.5 Å². The highest BCUT2D eigenvalue weighted by atomic mass is 16.5. The van der Waals surface area contributed by atoms with E-state index < -0.39 is 6.10 Å². The largest absolute Gasteiger partial charge is 0.396 e. The average molecular weight is 267 g/mol. The van der Waals surface area contributed by atoms with Crippen LogP contribution in [0.15, 0.2) is 30.3 Å². The molecular weight excluding hydrogens is 242 g/mol. The van der Waals surface area contributed by atoms with E-state index in [1.165, 1.54) is 0 Å². The van der Waals surface area contributed by atoms with Gasteiger partial charge in [0.05, 0.1) is 19.3 Å². The lowest BCUT2D eigenvalue weighted by Crippen LogP contribution is -2.37. The molecule has 0 fully saturated rings. The van der Waals surface area contributed by atoms with Crippen LogP contribution < -0.4 is 5.32 Å². The van der Waals surface area contributed by atoms with Gasteiger partial charge in [-0.15, -0.1) is 0 Å². The Morgan fingerprint density at radius 2 is 2.00 bits per heavy atom. The monoisotopic (exact) mass is 267 g/mol. The summed E-state index contributed by atoms with van der Waals surface area (Å²) in [7, 11) is 0. The lowest BCUT2D eigenvalue weighted by Gasteiger charge is -2.18. The van der Waals surface area contributed by atoms with Gasteiger partial charge in [-0.3, -0.25) is 0 Å². The van der Waals surface area contributed by atoms with Crippen LogP contribution in [0.1, 0.15) is 25.3 Å². The second-order valence-corrected chi connectivity index (χ2v) is 4.68. The molecule has 2 atom stereocenters. The van der Waals surface area contributed by atoms with Crippen LogP contribution in [0.5, 0.6) is 0 Å². The lowest BCUT2D eigenvalue weighted by molar-refractivity contribution is 0.0271. The van der Waals surface area contributed by atoms with Gasteiger partial charge in [0.15, 0.2) is 0 Å². The second kappa shape index (κ2) is 9.92. The molecule has 4 heteroatoms. The first kappa shape index (κ1) is 16.1. The zero-order valence-corrected chi connectivity index (χ0v) is 11.6. The number of aliphatic hydroxyl groups excluding tert-OH is 2. The Balaban J connectivity index is 2.12. The minimum Gasteiger partial charge on any atom is -0.396 e. The van der Waals surface area contributed by atoms with Crippen LogP contribution >= 0.6 is 0 Å². The Labute approximate surface area is 115 Å². The van der Waals surface area contributed by atoms with Crippen LogP contribution in [0.2, 0.25) is 0 Å². The molecule has 1 aromatic rings. The molecule has 0 bridgehead atoms. The van der Waals surface area contributed by atoms with Crippen LogP contribution in [0.3, 0.4) is 0 Å². The van der Waals surface area contributed by atoms with E-state index in [4.69, 9.17) is 9.84 Å². The SMILES string of the molecule is CCC(CCO)NCC(O)COCc1ccccc1. The zero-order valence-electron chi connectivity index (χ0n) is 11.6. The van der Waals surface area contributed by atoms with Crippen molar-refractivity contribution in [1.82, 2.24) is 5.32 Å². The van der Waals surface area contributed by atoms with Crippen molar-refractivity contribution >= 4 is 0 Å². The van der Waals surface area contributed by atoms with Crippen LogP contribution in [0, 0.1) is 0 Å². The minimum absolute atomic E-state index is 0.173. The Morgan fingerprint density at radius 1 is 1.26 bits per heavy atom. The summed E-state index contributed by atoms with van der Waals surface area (Å²) < 4.78 is 5.47. The smallest absolute Gasteiger partial charge is 0.0897 e. The molecule has 0 saturated carbocycles. The van der Waals surface area contributed by atoms with Crippen molar-refractivity contribution < 1.29 is 14.9 Å². The third-order valence-corrected chi connectivity index (χ3v) is 3.03. The maximum atomic E-state index is 9.79. The van der Waals surface area contributed by atoms with Gasteiger partial charge in [0, 0.05) is 19.2 Å². The van der Waals surface area contributed by atoms with E-state index in [0.29, 0.717) is 26.2 Å². The standard InChI is InChI=1S/C15H25NO3/c1-2-14(8-9-17)16-10-15(18)12-19-11-13-6-4-3-5-7-13/h3-7,14-18H,2,8-12H2,1H3. The number of nitrogens with one attached hydrogen (secondary N) is 1. The Bertz CT molecular complexity index is 318. The zero-order chi connectivity index (χ0) is 13.9. The molecule has 3 N–H and O–H groups in total. The molecule has 1 aromatic carbocycles. The predicted octanol–water partition coefficient (Wildman–Crippen LogP) is 1.31. The van der Waals surface area contributed by atoms with Crippen LogP contribution in [-0.2, 0) is 11.3 Å². The van der Waals surface area contributed by atoms with Gasteiger partial charge in [0.1, 0.15) is 0 Å². The number of hydrogen-bond donors (Lipinski definition) is 3. The van der Waals surface area contributed by atoms with Crippen molar-refractivity contribution in [2.24, 2.45) is 0 Å². The molecule has 0 spiro atoms. The van der Waals surface area contributed by atoms with E-state index in [2.05, 4.69) is 12.2 Å². The number of rotatable bonds is 10. The maximum Gasteiger partial charge on any atom is 0.0897 e. The molecule has 1 rings (SSSR count). The number of aliphatic hydroxyl groups is 2. The first-order valence-electron chi connectivity index (χ1n) is 6.90. The fourth-order valence-electron chi connectivity index (χ4n) is 1.86. The topological polar surface area (TPSA) is 61.7 Å². The number of hydrogen-bond acceptors (Lipinski definition) is 4. The van der Waals surface area contributed by atoms with Gasteiger partial charge in [-0.2, -0.15) is 0 Å². The van der Waals surface area contributed by atoms with Crippen molar-refractivity contribution in [3.8, 4) is 0 Å². The quantitative estimate of drug-likeness (QED) is 0.598. The summed E-state index contributed by atoms with van der Waals surface area (Å²) in [6.45, 7) is 3.56. The molecule has 0 heterocycles. The van der Waals surface area contributed by atoms with Crippen molar-refractivity contribution in [3.63, 3.8) is 0 Å². The second-order valence-electron chi connectivity index (χ2n) is 4.68. The highest BCUT2D eigenvalue weighted by Crippen LogP contribution is 2.01. The van der Waals surface area contributed by atoms with Gasteiger partial charge in [-0.25, -0.2) is 0 Å². The van der Waals surface area contributed by atoms with E-state index in [9.17, 15) is 5.11 Å². The Kier molecular flexibility index (Phi) is 8.41. The molecular formula is C15H25NO3. The molecule has 0 saturated heterocycles. The first-order chi connectivity index (χ1) is 9.26. The van der Waals surface area contributed by atoms with Gasteiger partial charge in [0.25, 0.3) is 0 Å². The van der Waals surface area contributed by atoms with Crippen molar-refractivity contribution in [2.75, 3.05) is 19.8 Å². The number of benzene rings is 1. The van der Waals surface area contributed by atoms with Gasteiger partial charge >= 0.3 is 0 Å². The fourth-order valence-corrected chi connectivity index (χ4v) is 1.86. The highest BCUT2D eigenvalue weighted by Gasteiger charge is 2.09.